The van der Waals surface area contributed by atoms with Crippen molar-refractivity contribution in [3.63, 3.8) is 0 Å². The molecule has 21 heavy (non-hydrogen) atoms. The summed E-state index contributed by atoms with van der Waals surface area (Å²) in [5.74, 6) is 0.792. The number of hydrogen-bond donors (Lipinski definition) is 2. The summed E-state index contributed by atoms with van der Waals surface area (Å²) < 4.78 is 5.54. The van der Waals surface area contributed by atoms with Gasteiger partial charge >= 0.3 is 0 Å². The highest BCUT2D eigenvalue weighted by atomic mass is 35.5. The lowest BCUT2D eigenvalue weighted by Gasteiger charge is -2.34. The standard InChI is InChI=1S/C17H29NO2.ClH/c1-16(2,3)13-17(4,5)18-11-14(19)12-20-15-9-7-6-8-10-15;/h6-10,14,18-19H,11-13H2,1-5H3;1H. The second kappa shape index (κ2) is 8.62. The minimum atomic E-state index is -0.505. The van der Waals surface area contributed by atoms with Crippen molar-refractivity contribution in [3.05, 3.63) is 30.3 Å². The number of para-hydroxylation sites is 1. The Bertz CT molecular complexity index is 388. The summed E-state index contributed by atoms with van der Waals surface area (Å²) in [6, 6.07) is 9.58. The van der Waals surface area contributed by atoms with E-state index in [1.807, 2.05) is 30.3 Å². The second-order valence-electron chi connectivity index (χ2n) is 7.28. The first-order chi connectivity index (χ1) is 9.18. The van der Waals surface area contributed by atoms with Gasteiger partial charge in [0.15, 0.2) is 0 Å². The smallest absolute Gasteiger partial charge is 0.119 e. The average Bonchev–Trinajstić information content (AvgIpc) is 2.32. The molecule has 2 N–H and O–H groups in total. The first-order valence-corrected chi connectivity index (χ1v) is 7.29. The molecule has 0 aromatic heterocycles. The van der Waals surface area contributed by atoms with Gasteiger partial charge < -0.3 is 15.2 Å². The third-order valence-corrected chi connectivity index (χ3v) is 2.97. The van der Waals surface area contributed by atoms with Crippen LogP contribution in [0.25, 0.3) is 0 Å². The van der Waals surface area contributed by atoms with Crippen LogP contribution in [0.15, 0.2) is 30.3 Å². The van der Waals surface area contributed by atoms with Crippen LogP contribution in [0, 0.1) is 5.41 Å². The molecule has 0 bridgehead atoms. The van der Waals surface area contributed by atoms with Crippen LogP contribution >= 0.6 is 12.4 Å². The molecule has 0 amide bonds. The summed E-state index contributed by atoms with van der Waals surface area (Å²) in [5, 5.41) is 13.4. The minimum absolute atomic E-state index is 0. The maximum absolute atomic E-state index is 9.98. The molecule has 0 spiro atoms. The van der Waals surface area contributed by atoms with Crippen molar-refractivity contribution >= 4 is 12.4 Å². The van der Waals surface area contributed by atoms with E-state index in [1.54, 1.807) is 0 Å². The molecule has 1 atom stereocenters. The number of ether oxygens (including phenoxy) is 1. The Hall–Kier alpha value is -0.770. The Morgan fingerprint density at radius 3 is 2.19 bits per heavy atom. The lowest BCUT2D eigenvalue weighted by atomic mass is 9.82. The molecule has 1 aromatic rings. The quantitative estimate of drug-likeness (QED) is 0.807. The lowest BCUT2D eigenvalue weighted by molar-refractivity contribution is 0.0944. The van der Waals surface area contributed by atoms with Gasteiger partial charge in [0.2, 0.25) is 0 Å². The largest absolute Gasteiger partial charge is 0.491 e. The number of hydrogen-bond acceptors (Lipinski definition) is 3. The van der Waals surface area contributed by atoms with E-state index >= 15 is 0 Å². The van der Waals surface area contributed by atoms with Gasteiger partial charge in [-0.2, -0.15) is 0 Å². The van der Waals surface area contributed by atoms with Gasteiger partial charge in [0.05, 0.1) is 0 Å². The number of halogens is 1. The summed E-state index contributed by atoms with van der Waals surface area (Å²) in [7, 11) is 0. The van der Waals surface area contributed by atoms with Gasteiger partial charge in [0, 0.05) is 12.1 Å². The molecule has 4 heteroatoms. The van der Waals surface area contributed by atoms with Crippen molar-refractivity contribution in [2.75, 3.05) is 13.2 Å². The van der Waals surface area contributed by atoms with Gasteiger partial charge in [-0.05, 0) is 37.8 Å². The zero-order valence-electron chi connectivity index (χ0n) is 13.8. The van der Waals surface area contributed by atoms with Crippen molar-refractivity contribution in [3.8, 4) is 5.75 Å². The summed E-state index contributed by atoms with van der Waals surface area (Å²) in [6.45, 7) is 11.9. The zero-order chi connectivity index (χ0) is 15.2. The molecule has 3 nitrogen and oxygen atoms in total. The summed E-state index contributed by atoms with van der Waals surface area (Å²) in [6.07, 6.45) is 0.543. The van der Waals surface area contributed by atoms with Crippen LogP contribution in [-0.4, -0.2) is 29.9 Å². The third-order valence-electron chi connectivity index (χ3n) is 2.97. The average molecular weight is 316 g/mol. The van der Waals surface area contributed by atoms with E-state index in [1.165, 1.54) is 0 Å². The Morgan fingerprint density at radius 1 is 1.10 bits per heavy atom. The SMILES string of the molecule is CC(C)(C)CC(C)(C)NCC(O)COc1ccccc1.Cl. The zero-order valence-corrected chi connectivity index (χ0v) is 14.7. The molecule has 0 radical (unpaired) electrons. The third kappa shape index (κ3) is 9.72. The van der Waals surface area contributed by atoms with E-state index in [-0.39, 0.29) is 23.4 Å². The van der Waals surface area contributed by atoms with Crippen LogP contribution in [0.3, 0.4) is 0 Å². The van der Waals surface area contributed by atoms with Crippen LogP contribution in [0.5, 0.6) is 5.75 Å². The predicted octanol–water partition coefficient (Wildman–Crippen LogP) is 3.65. The summed E-state index contributed by atoms with van der Waals surface area (Å²) in [5.41, 5.74) is 0.272. The first-order valence-electron chi connectivity index (χ1n) is 7.29. The fraction of sp³-hybridized carbons (Fsp3) is 0.647. The lowest BCUT2D eigenvalue weighted by Crippen LogP contribution is -2.46. The maximum atomic E-state index is 9.98. The molecule has 1 aromatic carbocycles. The summed E-state index contributed by atoms with van der Waals surface area (Å²) in [4.78, 5) is 0. The molecule has 0 saturated heterocycles. The molecule has 0 heterocycles. The van der Waals surface area contributed by atoms with Crippen molar-refractivity contribution in [2.24, 2.45) is 5.41 Å². The highest BCUT2D eigenvalue weighted by Crippen LogP contribution is 2.26. The Labute approximate surface area is 135 Å². The number of β-amino-alcohol motifs (C(OH)–C–C–N with tert-alkyl or cyclic N) is 1. The van der Waals surface area contributed by atoms with E-state index in [0.29, 0.717) is 13.2 Å². The molecule has 0 aliphatic heterocycles. The van der Waals surface area contributed by atoms with Gasteiger partial charge in [-0.15, -0.1) is 12.4 Å². The van der Waals surface area contributed by atoms with E-state index in [4.69, 9.17) is 4.74 Å². The Kier molecular flexibility index (Phi) is 8.30. The topological polar surface area (TPSA) is 41.5 Å². The van der Waals surface area contributed by atoms with Crippen LogP contribution < -0.4 is 10.1 Å². The highest BCUT2D eigenvalue weighted by Gasteiger charge is 2.25. The predicted molar refractivity (Wildman–Crippen MR) is 91.3 cm³/mol. The number of benzene rings is 1. The second-order valence-corrected chi connectivity index (χ2v) is 7.28. The van der Waals surface area contributed by atoms with Gasteiger partial charge in [-0.3, -0.25) is 0 Å². The van der Waals surface area contributed by atoms with E-state index in [9.17, 15) is 5.11 Å². The van der Waals surface area contributed by atoms with Crippen LogP contribution in [0.2, 0.25) is 0 Å². The number of rotatable bonds is 7. The molecule has 1 unspecified atom stereocenters. The van der Waals surface area contributed by atoms with Crippen molar-refractivity contribution in [1.29, 1.82) is 0 Å². The number of aliphatic hydroxyl groups excluding tert-OH is 1. The van der Waals surface area contributed by atoms with Crippen LogP contribution in [-0.2, 0) is 0 Å². The van der Waals surface area contributed by atoms with Crippen molar-refractivity contribution < 1.29 is 9.84 Å². The molecule has 1 rings (SSSR count). The van der Waals surface area contributed by atoms with E-state index < -0.39 is 6.10 Å². The van der Waals surface area contributed by atoms with Crippen LogP contribution in [0.1, 0.15) is 41.0 Å². The van der Waals surface area contributed by atoms with Gasteiger partial charge in [0.1, 0.15) is 18.5 Å². The number of aliphatic hydroxyl groups is 1. The van der Waals surface area contributed by atoms with Crippen LogP contribution in [0.4, 0.5) is 0 Å². The molecule has 0 aliphatic carbocycles. The van der Waals surface area contributed by atoms with E-state index in [0.717, 1.165) is 12.2 Å². The molecule has 0 fully saturated rings. The first kappa shape index (κ1) is 20.2. The molecule has 122 valence electrons. The maximum Gasteiger partial charge on any atom is 0.119 e. The monoisotopic (exact) mass is 315 g/mol. The van der Waals surface area contributed by atoms with Crippen molar-refractivity contribution in [1.82, 2.24) is 5.32 Å². The van der Waals surface area contributed by atoms with Gasteiger partial charge in [-0.25, -0.2) is 0 Å². The van der Waals surface area contributed by atoms with Gasteiger partial charge in [-0.1, -0.05) is 39.0 Å². The molecular formula is C17H30ClNO2. The fourth-order valence-corrected chi connectivity index (χ4v) is 2.55. The molecular weight excluding hydrogens is 286 g/mol. The molecule has 0 aliphatic rings. The highest BCUT2D eigenvalue weighted by molar-refractivity contribution is 5.85. The fourth-order valence-electron chi connectivity index (χ4n) is 2.55. The van der Waals surface area contributed by atoms with E-state index in [2.05, 4.69) is 39.9 Å². The Morgan fingerprint density at radius 2 is 1.67 bits per heavy atom. The number of nitrogens with one attached hydrogen (secondary N) is 1. The van der Waals surface area contributed by atoms with Gasteiger partial charge in [0.25, 0.3) is 0 Å². The minimum Gasteiger partial charge on any atom is -0.491 e. The Balaban J connectivity index is 0.00000400. The normalized spacial score (nSPS) is 13.4. The molecule has 0 saturated carbocycles. The van der Waals surface area contributed by atoms with Crippen molar-refractivity contribution in [2.45, 2.75) is 52.7 Å². The summed E-state index contributed by atoms with van der Waals surface area (Å²) >= 11 is 0.